The maximum absolute atomic E-state index is 12.2. The van der Waals surface area contributed by atoms with Crippen LogP contribution in [0, 0.1) is 0 Å². The van der Waals surface area contributed by atoms with Crippen LogP contribution in [0.1, 0.15) is 22.8 Å². The van der Waals surface area contributed by atoms with Gasteiger partial charge in [0.25, 0.3) is 5.91 Å². The van der Waals surface area contributed by atoms with E-state index in [4.69, 9.17) is 0 Å². The molecular weight excluding hydrogens is 344 g/mol. The van der Waals surface area contributed by atoms with Crippen molar-refractivity contribution in [3.8, 4) is 0 Å². The van der Waals surface area contributed by atoms with E-state index in [1.165, 1.54) is 0 Å². The molecule has 7 heteroatoms. The van der Waals surface area contributed by atoms with Gasteiger partial charge in [-0.1, -0.05) is 31.2 Å². The molecule has 1 amide bonds. The number of carbonyl (C=O) groups is 1. The Morgan fingerprint density at radius 1 is 1.04 bits per heavy atom. The molecule has 0 aliphatic carbocycles. The van der Waals surface area contributed by atoms with E-state index < -0.39 is 10.0 Å². The van der Waals surface area contributed by atoms with E-state index in [1.54, 1.807) is 48.5 Å². The van der Waals surface area contributed by atoms with E-state index in [9.17, 15) is 13.2 Å². The Morgan fingerprint density at radius 2 is 1.71 bits per heavy atom. The third-order valence-corrected chi connectivity index (χ3v) is 5.36. The second-order valence-corrected chi connectivity index (χ2v) is 7.42. The van der Waals surface area contributed by atoms with Gasteiger partial charge in [0.1, 0.15) is 0 Å². The minimum atomic E-state index is -3.57. The Kier molecular flexibility index (Phi) is 6.42. The molecule has 0 bridgehead atoms. The molecule has 0 spiro atoms. The highest BCUT2D eigenvalue weighted by Crippen LogP contribution is 2.12. The van der Waals surface area contributed by atoms with Gasteiger partial charge in [-0.15, -0.1) is 12.6 Å². The molecule has 24 heavy (non-hydrogen) atoms. The predicted octanol–water partition coefficient (Wildman–Crippen LogP) is 2.25. The normalized spacial score (nSPS) is 11.2. The smallest absolute Gasteiger partial charge is 0.252 e. The van der Waals surface area contributed by atoms with Crippen LogP contribution in [0.5, 0.6) is 0 Å². The van der Waals surface area contributed by atoms with Crippen LogP contribution in [-0.2, 0) is 16.4 Å². The van der Waals surface area contributed by atoms with Gasteiger partial charge in [0, 0.05) is 18.0 Å². The van der Waals surface area contributed by atoms with Gasteiger partial charge in [0.2, 0.25) is 10.0 Å². The average Bonchev–Trinajstić information content (AvgIpc) is 2.59. The lowest BCUT2D eigenvalue weighted by molar-refractivity contribution is 0.0951. The molecule has 0 radical (unpaired) electrons. The van der Waals surface area contributed by atoms with Crippen molar-refractivity contribution in [2.75, 3.05) is 13.1 Å². The van der Waals surface area contributed by atoms with Crippen molar-refractivity contribution in [2.45, 2.75) is 23.1 Å². The zero-order chi connectivity index (χ0) is 17.6. The van der Waals surface area contributed by atoms with Gasteiger partial charge < -0.3 is 5.32 Å². The lowest BCUT2D eigenvalue weighted by Gasteiger charge is -2.09. The van der Waals surface area contributed by atoms with E-state index in [0.717, 1.165) is 12.0 Å². The molecule has 2 N–H and O–H groups in total. The zero-order valence-corrected chi connectivity index (χ0v) is 15.0. The Labute approximate surface area is 147 Å². The molecule has 0 heterocycles. The first-order valence-corrected chi connectivity index (χ1v) is 9.52. The standard InChI is InChI=1S/C17H20N2O3S2/c1-2-13-7-9-14(10-8-13)24(21,22)19-12-11-18-17(20)15-5-3-4-6-16(15)23/h3-10,19,23H,2,11-12H2,1H3,(H,18,20). The highest BCUT2D eigenvalue weighted by molar-refractivity contribution is 7.89. The van der Waals surface area contributed by atoms with E-state index in [1.807, 2.05) is 6.92 Å². The second-order valence-electron chi connectivity index (χ2n) is 5.17. The summed E-state index contributed by atoms with van der Waals surface area (Å²) in [5, 5.41) is 2.67. The number of rotatable bonds is 7. The SMILES string of the molecule is CCc1ccc(S(=O)(=O)NCCNC(=O)c2ccccc2S)cc1. The maximum Gasteiger partial charge on any atom is 0.252 e. The Balaban J connectivity index is 1.87. The Hall–Kier alpha value is -1.83. The predicted molar refractivity (Wildman–Crippen MR) is 97.0 cm³/mol. The van der Waals surface area contributed by atoms with E-state index >= 15 is 0 Å². The number of carbonyl (C=O) groups excluding carboxylic acids is 1. The van der Waals surface area contributed by atoms with Crippen LogP contribution in [0.2, 0.25) is 0 Å². The first-order chi connectivity index (χ1) is 11.4. The molecule has 2 aromatic carbocycles. The number of sulfonamides is 1. The van der Waals surface area contributed by atoms with Gasteiger partial charge in [0.05, 0.1) is 10.5 Å². The number of nitrogens with one attached hydrogen (secondary N) is 2. The number of amides is 1. The topological polar surface area (TPSA) is 75.3 Å². The molecule has 0 unspecified atom stereocenters. The fourth-order valence-corrected chi connectivity index (χ4v) is 3.40. The van der Waals surface area contributed by atoms with Gasteiger partial charge in [-0.3, -0.25) is 4.79 Å². The van der Waals surface area contributed by atoms with Gasteiger partial charge in [0.15, 0.2) is 0 Å². The third-order valence-electron chi connectivity index (χ3n) is 3.49. The molecule has 2 rings (SSSR count). The first kappa shape index (κ1) is 18.5. The Bertz CT molecular complexity index is 803. The van der Waals surface area contributed by atoms with Crippen molar-refractivity contribution in [2.24, 2.45) is 0 Å². The van der Waals surface area contributed by atoms with Gasteiger partial charge in [-0.05, 0) is 36.2 Å². The minimum Gasteiger partial charge on any atom is -0.351 e. The van der Waals surface area contributed by atoms with Crippen molar-refractivity contribution < 1.29 is 13.2 Å². The van der Waals surface area contributed by atoms with E-state index in [2.05, 4.69) is 22.7 Å². The monoisotopic (exact) mass is 364 g/mol. The molecule has 0 aliphatic heterocycles. The van der Waals surface area contributed by atoms with Crippen LogP contribution in [0.15, 0.2) is 58.3 Å². The third kappa shape index (κ3) is 4.83. The lowest BCUT2D eigenvalue weighted by Crippen LogP contribution is -2.34. The molecule has 0 atom stereocenters. The van der Waals surface area contributed by atoms with Crippen molar-refractivity contribution in [3.63, 3.8) is 0 Å². The van der Waals surface area contributed by atoms with Gasteiger partial charge >= 0.3 is 0 Å². The Morgan fingerprint density at radius 3 is 2.33 bits per heavy atom. The summed E-state index contributed by atoms with van der Waals surface area (Å²) in [7, 11) is -3.57. The fourth-order valence-electron chi connectivity index (χ4n) is 2.11. The first-order valence-electron chi connectivity index (χ1n) is 7.59. The summed E-state index contributed by atoms with van der Waals surface area (Å²) in [6.45, 7) is 2.30. The zero-order valence-electron chi connectivity index (χ0n) is 13.3. The van der Waals surface area contributed by atoms with E-state index in [0.29, 0.717) is 10.5 Å². The summed E-state index contributed by atoms with van der Waals surface area (Å²) >= 11 is 4.22. The van der Waals surface area contributed by atoms with Crippen molar-refractivity contribution >= 4 is 28.6 Å². The number of aryl methyl sites for hydroxylation is 1. The quantitative estimate of drug-likeness (QED) is 0.521. The highest BCUT2D eigenvalue weighted by atomic mass is 32.2. The van der Waals surface area contributed by atoms with Crippen LogP contribution in [0.25, 0.3) is 0 Å². The lowest BCUT2D eigenvalue weighted by atomic mass is 10.2. The number of benzene rings is 2. The van der Waals surface area contributed by atoms with Crippen LogP contribution in [0.3, 0.4) is 0 Å². The minimum absolute atomic E-state index is 0.109. The average molecular weight is 364 g/mol. The number of hydrogen-bond donors (Lipinski definition) is 3. The summed E-state index contributed by atoms with van der Waals surface area (Å²) in [6.07, 6.45) is 0.854. The van der Waals surface area contributed by atoms with Crippen LogP contribution < -0.4 is 10.0 Å². The van der Waals surface area contributed by atoms with Crippen molar-refractivity contribution in [1.82, 2.24) is 10.0 Å². The van der Waals surface area contributed by atoms with Crippen molar-refractivity contribution in [3.05, 3.63) is 59.7 Å². The molecule has 0 saturated carbocycles. The maximum atomic E-state index is 12.2. The van der Waals surface area contributed by atoms with Crippen LogP contribution >= 0.6 is 12.6 Å². The molecular formula is C17H20N2O3S2. The summed E-state index contributed by atoms with van der Waals surface area (Å²) in [5.41, 5.74) is 1.53. The summed E-state index contributed by atoms with van der Waals surface area (Å²) < 4.78 is 26.8. The summed E-state index contributed by atoms with van der Waals surface area (Å²) in [4.78, 5) is 12.8. The number of hydrogen-bond acceptors (Lipinski definition) is 4. The molecule has 128 valence electrons. The van der Waals surface area contributed by atoms with Gasteiger partial charge in [-0.2, -0.15) is 0 Å². The van der Waals surface area contributed by atoms with Crippen molar-refractivity contribution in [1.29, 1.82) is 0 Å². The van der Waals surface area contributed by atoms with Crippen LogP contribution in [0.4, 0.5) is 0 Å². The molecule has 0 fully saturated rings. The highest BCUT2D eigenvalue weighted by Gasteiger charge is 2.13. The second kappa shape index (κ2) is 8.32. The summed E-state index contributed by atoms with van der Waals surface area (Å²) in [6, 6.07) is 13.7. The molecule has 2 aromatic rings. The van der Waals surface area contributed by atoms with Gasteiger partial charge in [-0.25, -0.2) is 13.1 Å². The molecule has 0 saturated heterocycles. The molecule has 0 aliphatic rings. The fraction of sp³-hybridized carbons (Fsp3) is 0.235. The summed E-state index contributed by atoms with van der Waals surface area (Å²) in [5.74, 6) is -0.285. The van der Waals surface area contributed by atoms with Crippen LogP contribution in [-0.4, -0.2) is 27.4 Å². The largest absolute Gasteiger partial charge is 0.351 e. The van der Waals surface area contributed by atoms with E-state index in [-0.39, 0.29) is 23.9 Å². The molecule has 5 nitrogen and oxygen atoms in total. The number of thiol groups is 1. The molecule has 0 aromatic heterocycles.